The predicted molar refractivity (Wildman–Crippen MR) is 94.7 cm³/mol. The molecule has 1 atom stereocenters. The second-order valence-corrected chi connectivity index (χ2v) is 6.65. The van der Waals surface area contributed by atoms with E-state index in [4.69, 9.17) is 5.73 Å². The molecule has 162 valence electrons. The van der Waals surface area contributed by atoms with Gasteiger partial charge in [-0.3, -0.25) is 4.79 Å². The summed E-state index contributed by atoms with van der Waals surface area (Å²) in [4.78, 5) is 24.8. The Morgan fingerprint density at radius 1 is 0.933 bits per heavy atom. The van der Waals surface area contributed by atoms with E-state index >= 15 is 0 Å². The third-order valence-electron chi connectivity index (χ3n) is 4.50. The molecule has 0 bridgehead atoms. The lowest BCUT2D eigenvalue weighted by molar-refractivity contribution is -0.142. The number of alkyl halides is 6. The third kappa shape index (κ3) is 5.18. The summed E-state index contributed by atoms with van der Waals surface area (Å²) in [7, 11) is 0. The molecule has 3 N–H and O–H groups in total. The van der Waals surface area contributed by atoms with Crippen LogP contribution in [0.2, 0.25) is 0 Å². The van der Waals surface area contributed by atoms with E-state index in [0.29, 0.717) is 12.1 Å². The van der Waals surface area contributed by atoms with Gasteiger partial charge in [0.1, 0.15) is 0 Å². The van der Waals surface area contributed by atoms with Crippen molar-refractivity contribution < 1.29 is 41.0 Å². The zero-order chi connectivity index (χ0) is 22.7. The van der Waals surface area contributed by atoms with Gasteiger partial charge in [0.25, 0.3) is 0 Å². The van der Waals surface area contributed by atoms with Crippen LogP contribution >= 0.6 is 0 Å². The van der Waals surface area contributed by atoms with Gasteiger partial charge in [-0.1, -0.05) is 36.4 Å². The molecule has 2 aromatic rings. The van der Waals surface area contributed by atoms with Gasteiger partial charge >= 0.3 is 18.3 Å². The Labute approximate surface area is 167 Å². The lowest BCUT2D eigenvalue weighted by Gasteiger charge is -2.27. The molecule has 0 aliphatic heterocycles. The Morgan fingerprint density at radius 3 is 2.03 bits per heavy atom. The number of aryl methyl sites for hydroxylation is 1. The Hall–Kier alpha value is -2.88. The number of carbonyl (C=O) groups is 2. The van der Waals surface area contributed by atoms with E-state index < -0.39 is 60.0 Å². The van der Waals surface area contributed by atoms with Crippen molar-refractivity contribution in [2.45, 2.75) is 37.2 Å². The van der Waals surface area contributed by atoms with Gasteiger partial charge in [-0.15, -0.1) is 0 Å². The SMILES string of the molecule is NC(C(=O)O)(C(=O)c1ccccc1)c1ccc(C(F)(F)F)cc1CCCC(F)(F)F. The summed E-state index contributed by atoms with van der Waals surface area (Å²) in [5.74, 6) is -2.94. The fraction of sp³-hybridized carbons (Fsp3) is 0.300. The van der Waals surface area contributed by atoms with E-state index in [1.165, 1.54) is 24.3 Å². The molecule has 4 nitrogen and oxygen atoms in total. The summed E-state index contributed by atoms with van der Waals surface area (Å²) in [5, 5.41) is 9.68. The van der Waals surface area contributed by atoms with Gasteiger partial charge in [0.2, 0.25) is 5.54 Å². The highest BCUT2D eigenvalue weighted by Crippen LogP contribution is 2.35. The van der Waals surface area contributed by atoms with Gasteiger partial charge in [-0.2, -0.15) is 26.3 Å². The van der Waals surface area contributed by atoms with Crippen LogP contribution in [0.5, 0.6) is 0 Å². The van der Waals surface area contributed by atoms with E-state index in [1.807, 2.05) is 0 Å². The van der Waals surface area contributed by atoms with E-state index in [-0.39, 0.29) is 11.1 Å². The van der Waals surface area contributed by atoms with Gasteiger partial charge in [-0.25, -0.2) is 4.79 Å². The summed E-state index contributed by atoms with van der Waals surface area (Å²) in [6.45, 7) is 0. The molecule has 30 heavy (non-hydrogen) atoms. The number of halogens is 6. The van der Waals surface area contributed by atoms with Crippen LogP contribution in [0.25, 0.3) is 0 Å². The molecule has 0 aliphatic carbocycles. The van der Waals surface area contributed by atoms with Crippen LogP contribution in [0.3, 0.4) is 0 Å². The maximum atomic E-state index is 13.1. The van der Waals surface area contributed by atoms with Crippen LogP contribution in [0.1, 0.15) is 39.9 Å². The standard InChI is InChI=1S/C20H17F6NO3/c21-18(22,23)10-4-7-13-11-14(20(24,25)26)8-9-15(13)19(27,17(29)30)16(28)12-5-2-1-3-6-12/h1-3,5-6,8-9,11H,4,7,10,27H2,(H,29,30). The molecule has 2 aromatic carbocycles. The minimum atomic E-state index is -4.82. The van der Waals surface area contributed by atoms with E-state index in [9.17, 15) is 41.0 Å². The monoisotopic (exact) mass is 433 g/mol. The normalized spacial score (nSPS) is 14.2. The van der Waals surface area contributed by atoms with Crippen LogP contribution in [-0.2, 0) is 22.9 Å². The molecule has 0 saturated carbocycles. The van der Waals surface area contributed by atoms with Crippen molar-refractivity contribution in [2.24, 2.45) is 5.73 Å². The maximum absolute atomic E-state index is 13.1. The summed E-state index contributed by atoms with van der Waals surface area (Å²) >= 11 is 0. The molecule has 0 heterocycles. The van der Waals surface area contributed by atoms with Gasteiger partial charge < -0.3 is 10.8 Å². The van der Waals surface area contributed by atoms with Gasteiger partial charge in [-0.05, 0) is 36.1 Å². The number of carbonyl (C=O) groups excluding carboxylic acids is 1. The molecule has 1 unspecified atom stereocenters. The molecule has 10 heteroatoms. The number of rotatable bonds is 7. The van der Waals surface area contributed by atoms with Crippen molar-refractivity contribution in [3.63, 3.8) is 0 Å². The maximum Gasteiger partial charge on any atom is 0.416 e. The van der Waals surface area contributed by atoms with Crippen molar-refractivity contribution in [3.8, 4) is 0 Å². The Kier molecular flexibility index (Phi) is 6.60. The second kappa shape index (κ2) is 8.47. The highest BCUT2D eigenvalue weighted by atomic mass is 19.4. The number of carboxylic acids is 1. The zero-order valence-electron chi connectivity index (χ0n) is 15.3. The number of ketones is 1. The topological polar surface area (TPSA) is 80.4 Å². The molecular weight excluding hydrogens is 416 g/mol. The van der Waals surface area contributed by atoms with Crippen LogP contribution in [0.15, 0.2) is 48.5 Å². The first-order valence-corrected chi connectivity index (χ1v) is 8.66. The number of carboxylic acid groups (broad SMARTS) is 1. The fourth-order valence-corrected chi connectivity index (χ4v) is 2.99. The van der Waals surface area contributed by atoms with Crippen molar-refractivity contribution >= 4 is 11.8 Å². The van der Waals surface area contributed by atoms with E-state index in [2.05, 4.69) is 0 Å². The smallest absolute Gasteiger partial charge is 0.416 e. The summed E-state index contributed by atoms with van der Waals surface area (Å²) in [6.07, 6.45) is -11.8. The number of benzene rings is 2. The van der Waals surface area contributed by atoms with Gasteiger partial charge in [0.05, 0.1) is 5.56 Å². The molecular formula is C20H17F6NO3. The van der Waals surface area contributed by atoms with Crippen LogP contribution in [0, 0.1) is 0 Å². The van der Waals surface area contributed by atoms with Crippen molar-refractivity contribution in [1.82, 2.24) is 0 Å². The summed E-state index contributed by atoms with van der Waals surface area (Å²) in [6, 6.07) is 8.80. The van der Waals surface area contributed by atoms with Crippen molar-refractivity contribution in [3.05, 3.63) is 70.8 Å². The Bertz CT molecular complexity index is 924. The number of hydrogen-bond donors (Lipinski definition) is 2. The molecule has 2 rings (SSSR count). The number of Topliss-reactive ketones (excluding diaryl/α,β-unsaturated/α-hetero) is 1. The molecule has 0 aliphatic rings. The molecule has 0 amide bonds. The minimum Gasteiger partial charge on any atom is -0.479 e. The molecule has 0 aromatic heterocycles. The highest BCUT2D eigenvalue weighted by Gasteiger charge is 2.46. The first kappa shape index (κ1) is 23.4. The van der Waals surface area contributed by atoms with Gasteiger partial charge in [0, 0.05) is 12.0 Å². The summed E-state index contributed by atoms with van der Waals surface area (Å²) < 4.78 is 76.7. The molecule has 0 radical (unpaired) electrons. The average molecular weight is 433 g/mol. The number of hydrogen-bond acceptors (Lipinski definition) is 3. The average Bonchev–Trinajstić information content (AvgIpc) is 2.65. The summed E-state index contributed by atoms with van der Waals surface area (Å²) in [5.41, 5.74) is 0.956. The lowest BCUT2D eigenvalue weighted by atomic mass is 9.79. The van der Waals surface area contributed by atoms with E-state index in [1.54, 1.807) is 6.07 Å². The minimum absolute atomic E-state index is 0.108. The molecule has 0 saturated heterocycles. The zero-order valence-corrected chi connectivity index (χ0v) is 15.3. The number of aliphatic carboxylic acids is 1. The van der Waals surface area contributed by atoms with Crippen LogP contribution in [0.4, 0.5) is 26.3 Å². The highest BCUT2D eigenvalue weighted by molar-refractivity contribution is 6.16. The van der Waals surface area contributed by atoms with Gasteiger partial charge in [0.15, 0.2) is 5.78 Å². The Morgan fingerprint density at radius 2 is 1.53 bits per heavy atom. The largest absolute Gasteiger partial charge is 0.479 e. The van der Waals surface area contributed by atoms with Crippen molar-refractivity contribution in [1.29, 1.82) is 0 Å². The first-order valence-electron chi connectivity index (χ1n) is 8.66. The third-order valence-corrected chi connectivity index (χ3v) is 4.50. The predicted octanol–water partition coefficient (Wildman–Crippen LogP) is 4.71. The second-order valence-electron chi connectivity index (χ2n) is 6.65. The Balaban J connectivity index is 2.59. The quantitative estimate of drug-likeness (QED) is 0.377. The molecule has 0 spiro atoms. The number of nitrogens with two attached hydrogens (primary N) is 1. The lowest BCUT2D eigenvalue weighted by Crippen LogP contribution is -2.52. The fourth-order valence-electron chi connectivity index (χ4n) is 2.99. The molecule has 0 fully saturated rings. The van der Waals surface area contributed by atoms with Crippen molar-refractivity contribution in [2.75, 3.05) is 0 Å². The van der Waals surface area contributed by atoms with Crippen LogP contribution in [-0.4, -0.2) is 23.0 Å². The van der Waals surface area contributed by atoms with Crippen LogP contribution < -0.4 is 5.73 Å². The first-order chi connectivity index (χ1) is 13.8. The van der Waals surface area contributed by atoms with E-state index in [0.717, 1.165) is 6.07 Å².